The van der Waals surface area contributed by atoms with E-state index in [2.05, 4.69) is 5.32 Å². The molecule has 0 heterocycles. The molecule has 0 aliphatic carbocycles. The van der Waals surface area contributed by atoms with Crippen LogP contribution in [0.15, 0.2) is 36.4 Å². The molecule has 12 heteroatoms. The third-order valence-corrected chi connectivity index (χ3v) is 8.02. The molecule has 0 spiro atoms. The minimum absolute atomic E-state index is 0.106. The lowest BCUT2D eigenvalue weighted by atomic mass is 10.1. The van der Waals surface area contributed by atoms with E-state index in [9.17, 15) is 18.0 Å². The minimum Gasteiger partial charge on any atom is -0.352 e. The van der Waals surface area contributed by atoms with Gasteiger partial charge < -0.3 is 10.2 Å². The van der Waals surface area contributed by atoms with Crippen LogP contribution in [0.4, 0.5) is 5.69 Å². The monoisotopic (exact) mass is 581 g/mol. The summed E-state index contributed by atoms with van der Waals surface area (Å²) in [6.07, 6.45) is 1.67. The molecular weight excluding hydrogens is 556 g/mol. The minimum atomic E-state index is -3.90. The van der Waals surface area contributed by atoms with E-state index >= 15 is 0 Å². The molecule has 0 saturated heterocycles. The number of nitrogens with one attached hydrogen (secondary N) is 1. The van der Waals surface area contributed by atoms with E-state index in [1.165, 1.54) is 23.1 Å². The van der Waals surface area contributed by atoms with Gasteiger partial charge in [0.05, 0.1) is 22.0 Å². The quantitative estimate of drug-likeness (QED) is 0.406. The van der Waals surface area contributed by atoms with Crippen LogP contribution in [-0.4, -0.2) is 50.0 Å². The van der Waals surface area contributed by atoms with Gasteiger partial charge in [0.2, 0.25) is 21.8 Å². The zero-order valence-electron chi connectivity index (χ0n) is 19.7. The first-order valence-electron chi connectivity index (χ1n) is 10.7. The van der Waals surface area contributed by atoms with E-state index in [0.29, 0.717) is 22.0 Å². The van der Waals surface area contributed by atoms with E-state index in [4.69, 9.17) is 46.4 Å². The molecule has 35 heavy (non-hydrogen) atoms. The molecular formula is C23H27Cl4N3O4S. The van der Waals surface area contributed by atoms with Crippen LogP contribution in [0, 0.1) is 0 Å². The first kappa shape index (κ1) is 29.5. The van der Waals surface area contributed by atoms with Gasteiger partial charge in [0, 0.05) is 28.2 Å². The largest absolute Gasteiger partial charge is 0.352 e. The molecule has 2 atom stereocenters. The van der Waals surface area contributed by atoms with Crippen LogP contribution >= 0.6 is 46.4 Å². The molecule has 0 aliphatic rings. The van der Waals surface area contributed by atoms with Crippen molar-refractivity contribution in [3.63, 3.8) is 0 Å². The van der Waals surface area contributed by atoms with E-state index < -0.39 is 34.4 Å². The summed E-state index contributed by atoms with van der Waals surface area (Å²) in [4.78, 5) is 27.7. The van der Waals surface area contributed by atoms with Gasteiger partial charge in [0.1, 0.15) is 12.6 Å². The van der Waals surface area contributed by atoms with Gasteiger partial charge in [-0.25, -0.2) is 8.42 Å². The number of amides is 2. The SMILES string of the molecule is CC[C@H](C)NC(=O)[C@H](C)N(Cc1c(Cl)cccc1Cl)C(=O)CN(c1ccc(Cl)c(Cl)c1)S(C)(=O)=O. The highest BCUT2D eigenvalue weighted by molar-refractivity contribution is 7.92. The van der Waals surface area contributed by atoms with Crippen LogP contribution in [0.5, 0.6) is 0 Å². The van der Waals surface area contributed by atoms with E-state index in [1.54, 1.807) is 25.1 Å². The highest BCUT2D eigenvalue weighted by Crippen LogP contribution is 2.30. The summed E-state index contributed by atoms with van der Waals surface area (Å²) in [5.41, 5.74) is 0.593. The number of sulfonamides is 1. The van der Waals surface area contributed by atoms with Crippen molar-refractivity contribution in [1.29, 1.82) is 0 Å². The second-order valence-corrected chi connectivity index (χ2v) is 11.6. The van der Waals surface area contributed by atoms with Crippen molar-refractivity contribution < 1.29 is 18.0 Å². The van der Waals surface area contributed by atoms with Crippen LogP contribution in [0.3, 0.4) is 0 Å². The second kappa shape index (κ2) is 12.5. The van der Waals surface area contributed by atoms with Crippen molar-refractivity contribution >= 4 is 73.9 Å². The highest BCUT2D eigenvalue weighted by Gasteiger charge is 2.31. The number of nitrogens with zero attached hydrogens (tertiary/aromatic N) is 2. The van der Waals surface area contributed by atoms with Gasteiger partial charge in [-0.2, -0.15) is 0 Å². The molecule has 192 valence electrons. The Morgan fingerprint density at radius 3 is 2.09 bits per heavy atom. The molecule has 2 amide bonds. The summed E-state index contributed by atoms with van der Waals surface area (Å²) in [6, 6.07) is 8.07. The molecule has 1 N–H and O–H groups in total. The van der Waals surface area contributed by atoms with E-state index in [-0.39, 0.29) is 28.3 Å². The van der Waals surface area contributed by atoms with Crippen LogP contribution in [0.25, 0.3) is 0 Å². The number of benzene rings is 2. The summed E-state index contributed by atoms with van der Waals surface area (Å²) in [5.74, 6) is -1.03. The Morgan fingerprint density at radius 2 is 1.57 bits per heavy atom. The summed E-state index contributed by atoms with van der Waals surface area (Å²) >= 11 is 24.7. The Labute approximate surface area is 226 Å². The average molecular weight is 583 g/mol. The molecule has 0 radical (unpaired) electrons. The van der Waals surface area contributed by atoms with Gasteiger partial charge >= 0.3 is 0 Å². The summed E-state index contributed by atoms with van der Waals surface area (Å²) in [5, 5.41) is 3.84. The highest BCUT2D eigenvalue weighted by atomic mass is 35.5. The molecule has 0 saturated carbocycles. The van der Waals surface area contributed by atoms with Crippen molar-refractivity contribution in [2.24, 2.45) is 0 Å². The Morgan fingerprint density at radius 1 is 0.971 bits per heavy atom. The molecule has 0 aromatic heterocycles. The predicted molar refractivity (Wildman–Crippen MR) is 143 cm³/mol. The molecule has 0 fully saturated rings. The lowest BCUT2D eigenvalue weighted by Gasteiger charge is -2.32. The Balaban J connectivity index is 2.47. The maximum atomic E-state index is 13.5. The number of hydrogen-bond donors (Lipinski definition) is 1. The fraction of sp³-hybridized carbons (Fsp3) is 0.391. The second-order valence-electron chi connectivity index (χ2n) is 8.08. The lowest BCUT2D eigenvalue weighted by molar-refractivity contribution is -0.139. The first-order chi connectivity index (χ1) is 16.3. The molecule has 0 aliphatic heterocycles. The third kappa shape index (κ3) is 7.89. The van der Waals surface area contributed by atoms with Gasteiger partial charge in [-0.15, -0.1) is 0 Å². The van der Waals surface area contributed by atoms with Crippen molar-refractivity contribution in [1.82, 2.24) is 10.2 Å². The summed E-state index contributed by atoms with van der Waals surface area (Å²) in [7, 11) is -3.90. The average Bonchev–Trinajstić information content (AvgIpc) is 2.77. The number of halogens is 4. The fourth-order valence-corrected chi connectivity index (χ4v) is 4.81. The zero-order valence-corrected chi connectivity index (χ0v) is 23.5. The smallest absolute Gasteiger partial charge is 0.244 e. The van der Waals surface area contributed by atoms with E-state index in [0.717, 1.165) is 10.6 Å². The number of hydrogen-bond acceptors (Lipinski definition) is 4. The van der Waals surface area contributed by atoms with Gasteiger partial charge in [0.25, 0.3) is 0 Å². The van der Waals surface area contributed by atoms with Crippen molar-refractivity contribution in [3.8, 4) is 0 Å². The maximum absolute atomic E-state index is 13.5. The zero-order chi connectivity index (χ0) is 26.5. The van der Waals surface area contributed by atoms with Gasteiger partial charge in [0.15, 0.2) is 0 Å². The summed E-state index contributed by atoms with van der Waals surface area (Å²) in [6.45, 7) is 4.64. The van der Waals surface area contributed by atoms with E-state index in [1.807, 2.05) is 13.8 Å². The maximum Gasteiger partial charge on any atom is 0.244 e. The normalized spacial score (nSPS) is 13.1. The molecule has 2 aromatic rings. The lowest BCUT2D eigenvalue weighted by Crippen LogP contribution is -2.52. The number of anilines is 1. The Kier molecular flexibility index (Phi) is 10.5. The standard InChI is InChI=1S/C23H27Cl4N3O4S/c1-5-14(2)28-23(32)15(3)29(12-17-18(24)7-6-8-19(17)25)22(31)13-30(35(4,33)34)16-9-10-20(26)21(27)11-16/h6-11,14-15H,5,12-13H2,1-4H3,(H,28,32)/t14-,15-/m0/s1. The van der Waals surface area contributed by atoms with Crippen LogP contribution in [-0.2, 0) is 26.2 Å². The van der Waals surface area contributed by atoms with Crippen LogP contribution < -0.4 is 9.62 Å². The van der Waals surface area contributed by atoms with Crippen LogP contribution in [0.2, 0.25) is 20.1 Å². The molecule has 0 unspecified atom stereocenters. The molecule has 7 nitrogen and oxygen atoms in total. The fourth-order valence-electron chi connectivity index (χ4n) is 3.16. The van der Waals surface area contributed by atoms with Gasteiger partial charge in [-0.05, 0) is 50.6 Å². The van der Waals surface area contributed by atoms with Crippen molar-refractivity contribution in [2.75, 3.05) is 17.1 Å². The molecule has 2 aromatic carbocycles. The number of carbonyl (C=O) groups is 2. The summed E-state index contributed by atoms with van der Waals surface area (Å²) < 4.78 is 26.1. The predicted octanol–water partition coefficient (Wildman–Crippen LogP) is 5.40. The Hall–Kier alpha value is -1.71. The topological polar surface area (TPSA) is 86.8 Å². The van der Waals surface area contributed by atoms with Crippen LogP contribution in [0.1, 0.15) is 32.8 Å². The molecule has 2 rings (SSSR count). The third-order valence-electron chi connectivity index (χ3n) is 5.43. The molecule has 0 bridgehead atoms. The van der Waals surface area contributed by atoms with Crippen molar-refractivity contribution in [3.05, 3.63) is 62.1 Å². The van der Waals surface area contributed by atoms with Gasteiger partial charge in [-0.3, -0.25) is 13.9 Å². The number of carbonyl (C=O) groups excluding carboxylic acids is 2. The first-order valence-corrected chi connectivity index (χ1v) is 14.1. The van der Waals surface area contributed by atoms with Gasteiger partial charge in [-0.1, -0.05) is 59.4 Å². The van der Waals surface area contributed by atoms with Crippen molar-refractivity contribution in [2.45, 2.75) is 45.8 Å². The Bertz CT molecular complexity index is 1170. The number of rotatable bonds is 10.